The highest BCUT2D eigenvalue weighted by atomic mass is 19.1. The van der Waals surface area contributed by atoms with Gasteiger partial charge in [-0.15, -0.1) is 0 Å². The van der Waals surface area contributed by atoms with E-state index in [1.165, 1.54) is 12.1 Å². The van der Waals surface area contributed by atoms with Crippen LogP contribution in [0.5, 0.6) is 0 Å². The molecule has 3 N–H and O–H groups in total. The van der Waals surface area contributed by atoms with Gasteiger partial charge in [0.2, 0.25) is 5.95 Å². The van der Waals surface area contributed by atoms with Gasteiger partial charge in [-0.25, -0.2) is 9.37 Å². The monoisotopic (exact) mass is 395 g/mol. The number of aliphatic hydroxyl groups is 1. The molecule has 0 saturated carbocycles. The molecule has 29 heavy (non-hydrogen) atoms. The standard InChI is InChI=1S/C20H22FN7O/c21-15-3-1-14(2-4-15)12-24-20-26-17(25-18-13-22-7-8-23-18)11-19(27-20)28-9-5-16(29)6-10-28/h1-4,7-8,11,13,16,29H,5-6,9-10,12H2,(H2,23,24,25,26,27). The second-order valence-electron chi connectivity index (χ2n) is 6.85. The molecule has 9 heteroatoms. The SMILES string of the molecule is OC1CCN(c2cc(Nc3cnccn3)nc(NCc3ccc(F)cc3)n2)CC1. The summed E-state index contributed by atoms with van der Waals surface area (Å²) in [6.07, 6.45) is 5.96. The first-order valence-electron chi connectivity index (χ1n) is 9.49. The van der Waals surface area contributed by atoms with E-state index in [4.69, 9.17) is 0 Å². The third-order valence-electron chi connectivity index (χ3n) is 4.68. The highest BCUT2D eigenvalue weighted by Crippen LogP contribution is 2.24. The van der Waals surface area contributed by atoms with Crippen molar-refractivity contribution in [2.24, 2.45) is 0 Å². The number of nitrogens with one attached hydrogen (secondary N) is 2. The van der Waals surface area contributed by atoms with Crippen LogP contribution < -0.4 is 15.5 Å². The lowest BCUT2D eigenvalue weighted by Gasteiger charge is -2.30. The van der Waals surface area contributed by atoms with Gasteiger partial charge in [0.05, 0.1) is 12.3 Å². The first-order valence-corrected chi connectivity index (χ1v) is 9.49. The molecule has 2 aromatic heterocycles. The van der Waals surface area contributed by atoms with Gasteiger partial charge in [-0.2, -0.15) is 9.97 Å². The molecule has 8 nitrogen and oxygen atoms in total. The van der Waals surface area contributed by atoms with Crippen LogP contribution in [0.2, 0.25) is 0 Å². The number of piperidine rings is 1. The number of aliphatic hydroxyl groups excluding tert-OH is 1. The van der Waals surface area contributed by atoms with Crippen LogP contribution in [0.3, 0.4) is 0 Å². The molecule has 150 valence electrons. The molecule has 0 unspecified atom stereocenters. The number of nitrogens with zero attached hydrogens (tertiary/aromatic N) is 5. The number of anilines is 4. The Morgan fingerprint density at radius 3 is 2.59 bits per heavy atom. The van der Waals surface area contributed by atoms with E-state index >= 15 is 0 Å². The van der Waals surface area contributed by atoms with Gasteiger partial charge < -0.3 is 20.6 Å². The number of hydrogen-bond donors (Lipinski definition) is 3. The molecule has 0 amide bonds. The fraction of sp³-hybridized carbons (Fsp3) is 0.300. The van der Waals surface area contributed by atoms with Crippen LogP contribution >= 0.6 is 0 Å². The van der Waals surface area contributed by atoms with E-state index in [0.717, 1.165) is 24.5 Å². The molecule has 3 aromatic rings. The summed E-state index contributed by atoms with van der Waals surface area (Å²) in [5.41, 5.74) is 0.921. The molecule has 0 spiro atoms. The minimum atomic E-state index is -0.269. The van der Waals surface area contributed by atoms with E-state index in [9.17, 15) is 9.50 Å². The third kappa shape index (κ3) is 5.14. The first kappa shape index (κ1) is 19.0. The number of benzene rings is 1. The van der Waals surface area contributed by atoms with Crippen molar-refractivity contribution in [1.29, 1.82) is 0 Å². The van der Waals surface area contributed by atoms with E-state index in [2.05, 4.69) is 35.5 Å². The summed E-state index contributed by atoms with van der Waals surface area (Å²) in [5.74, 6) is 2.11. The van der Waals surface area contributed by atoms with Gasteiger partial charge >= 0.3 is 0 Å². The topological polar surface area (TPSA) is 99.1 Å². The van der Waals surface area contributed by atoms with Gasteiger partial charge in [0.15, 0.2) is 0 Å². The summed E-state index contributed by atoms with van der Waals surface area (Å²) in [6, 6.07) is 8.14. The quantitative estimate of drug-likeness (QED) is 0.586. The molecule has 1 aromatic carbocycles. The largest absolute Gasteiger partial charge is 0.393 e. The van der Waals surface area contributed by atoms with Crippen molar-refractivity contribution in [1.82, 2.24) is 19.9 Å². The average molecular weight is 395 g/mol. The van der Waals surface area contributed by atoms with Gasteiger partial charge in [-0.3, -0.25) is 4.98 Å². The molecule has 1 fully saturated rings. The van der Waals surface area contributed by atoms with Crippen molar-refractivity contribution in [2.45, 2.75) is 25.5 Å². The Kier molecular flexibility index (Phi) is 5.76. The Hall–Kier alpha value is -3.33. The van der Waals surface area contributed by atoms with Gasteiger partial charge in [0.25, 0.3) is 0 Å². The van der Waals surface area contributed by atoms with Crippen LogP contribution in [0.25, 0.3) is 0 Å². The van der Waals surface area contributed by atoms with Gasteiger partial charge in [0.1, 0.15) is 23.3 Å². The van der Waals surface area contributed by atoms with E-state index in [0.29, 0.717) is 37.0 Å². The third-order valence-corrected chi connectivity index (χ3v) is 4.68. The Morgan fingerprint density at radius 2 is 1.86 bits per heavy atom. The fourth-order valence-electron chi connectivity index (χ4n) is 3.11. The Morgan fingerprint density at radius 1 is 1.07 bits per heavy atom. The van der Waals surface area contributed by atoms with Crippen LogP contribution in [0.15, 0.2) is 48.9 Å². The zero-order chi connectivity index (χ0) is 20.1. The van der Waals surface area contributed by atoms with Crippen molar-refractivity contribution in [2.75, 3.05) is 28.6 Å². The molecule has 1 saturated heterocycles. The predicted molar refractivity (Wildman–Crippen MR) is 109 cm³/mol. The van der Waals surface area contributed by atoms with Crippen molar-refractivity contribution < 1.29 is 9.50 Å². The van der Waals surface area contributed by atoms with E-state index in [1.54, 1.807) is 30.7 Å². The molecular formula is C20H22FN7O. The molecule has 0 atom stereocenters. The summed E-state index contributed by atoms with van der Waals surface area (Å²) in [6.45, 7) is 1.91. The van der Waals surface area contributed by atoms with Crippen molar-refractivity contribution >= 4 is 23.4 Å². The zero-order valence-corrected chi connectivity index (χ0v) is 15.8. The van der Waals surface area contributed by atoms with Crippen LogP contribution in [0.1, 0.15) is 18.4 Å². The maximum Gasteiger partial charge on any atom is 0.226 e. The lowest BCUT2D eigenvalue weighted by Crippen LogP contribution is -2.36. The molecule has 0 radical (unpaired) electrons. The number of aromatic nitrogens is 4. The molecule has 1 aliphatic heterocycles. The van der Waals surface area contributed by atoms with Crippen LogP contribution in [0.4, 0.5) is 27.8 Å². The van der Waals surface area contributed by atoms with Gasteiger partial charge in [-0.05, 0) is 30.5 Å². The molecular weight excluding hydrogens is 373 g/mol. The summed E-state index contributed by atoms with van der Waals surface area (Å²) >= 11 is 0. The van der Waals surface area contributed by atoms with E-state index in [1.807, 2.05) is 6.07 Å². The second kappa shape index (κ2) is 8.78. The Labute approximate surface area is 167 Å². The van der Waals surface area contributed by atoms with E-state index < -0.39 is 0 Å². The fourth-order valence-corrected chi connectivity index (χ4v) is 3.11. The molecule has 0 bridgehead atoms. The first-order chi connectivity index (χ1) is 14.2. The summed E-state index contributed by atoms with van der Waals surface area (Å²) in [7, 11) is 0. The Balaban J connectivity index is 1.55. The molecule has 0 aliphatic carbocycles. The van der Waals surface area contributed by atoms with Crippen molar-refractivity contribution in [3.63, 3.8) is 0 Å². The lowest BCUT2D eigenvalue weighted by atomic mass is 10.1. The maximum absolute atomic E-state index is 13.1. The van der Waals surface area contributed by atoms with Crippen molar-refractivity contribution in [3.8, 4) is 0 Å². The normalized spacial score (nSPS) is 14.6. The highest BCUT2D eigenvalue weighted by Gasteiger charge is 2.19. The molecule has 1 aliphatic rings. The average Bonchev–Trinajstić information content (AvgIpc) is 2.74. The van der Waals surface area contributed by atoms with E-state index in [-0.39, 0.29) is 11.9 Å². The second-order valence-corrected chi connectivity index (χ2v) is 6.85. The number of hydrogen-bond acceptors (Lipinski definition) is 8. The molecule has 3 heterocycles. The summed E-state index contributed by atoms with van der Waals surface area (Å²) in [5, 5.41) is 16.1. The molecule has 4 rings (SSSR count). The van der Waals surface area contributed by atoms with Gasteiger partial charge in [-0.1, -0.05) is 12.1 Å². The summed E-state index contributed by atoms with van der Waals surface area (Å²) in [4.78, 5) is 19.5. The van der Waals surface area contributed by atoms with Crippen molar-refractivity contribution in [3.05, 3.63) is 60.3 Å². The zero-order valence-electron chi connectivity index (χ0n) is 15.8. The number of halogens is 1. The smallest absolute Gasteiger partial charge is 0.226 e. The van der Waals surface area contributed by atoms with Gasteiger partial charge in [0, 0.05) is 38.1 Å². The minimum absolute atomic E-state index is 0.263. The summed E-state index contributed by atoms with van der Waals surface area (Å²) < 4.78 is 13.1. The maximum atomic E-state index is 13.1. The number of rotatable bonds is 6. The van der Waals surface area contributed by atoms with Crippen LogP contribution in [-0.4, -0.2) is 44.2 Å². The Bertz CT molecular complexity index is 931. The highest BCUT2D eigenvalue weighted by molar-refractivity contribution is 5.59. The van der Waals surface area contributed by atoms with Crippen LogP contribution in [0, 0.1) is 5.82 Å². The van der Waals surface area contributed by atoms with Crippen LogP contribution in [-0.2, 0) is 6.54 Å². The predicted octanol–water partition coefficient (Wildman–Crippen LogP) is 2.72. The minimum Gasteiger partial charge on any atom is -0.393 e. The lowest BCUT2D eigenvalue weighted by molar-refractivity contribution is 0.145.